The van der Waals surface area contributed by atoms with Gasteiger partial charge in [-0.3, -0.25) is 5.10 Å². The van der Waals surface area contributed by atoms with Crippen LogP contribution in [-0.4, -0.2) is 40.8 Å². The number of rotatable bonds is 8. The summed E-state index contributed by atoms with van der Waals surface area (Å²) >= 11 is 0. The highest BCUT2D eigenvalue weighted by molar-refractivity contribution is 5.79. The van der Waals surface area contributed by atoms with Gasteiger partial charge in [-0.15, -0.1) is 0 Å². The number of benzene rings is 2. The fraction of sp³-hybridized carbons (Fsp3) is 0.250. The van der Waals surface area contributed by atoms with Crippen LogP contribution in [0.3, 0.4) is 0 Å². The Kier molecular flexibility index (Phi) is 7.10. The smallest absolute Gasteiger partial charge is 0.191 e. The van der Waals surface area contributed by atoms with E-state index in [1.54, 1.807) is 0 Å². The molecular weight excluding hydrogens is 378 g/mol. The molecule has 0 atom stereocenters. The Balaban J connectivity index is 1.54. The minimum absolute atomic E-state index is 0.0133. The molecule has 0 spiro atoms. The summed E-state index contributed by atoms with van der Waals surface area (Å²) in [4.78, 5) is 8.70. The van der Waals surface area contributed by atoms with Gasteiger partial charge in [0.05, 0.1) is 13.1 Å². The van der Waals surface area contributed by atoms with Crippen molar-refractivity contribution >= 4 is 5.96 Å². The molecular formula is C20H22F2N6O. The number of H-pyrrole nitrogens is 1. The van der Waals surface area contributed by atoms with Crippen LogP contribution in [0.4, 0.5) is 8.78 Å². The molecule has 0 saturated carbocycles. The number of aromatic nitrogens is 3. The molecule has 152 valence electrons. The number of nitrogens with one attached hydrogen (secondary N) is 3. The Morgan fingerprint density at radius 2 is 2.07 bits per heavy atom. The predicted octanol–water partition coefficient (Wildman–Crippen LogP) is 2.88. The normalized spacial score (nSPS) is 11.3. The van der Waals surface area contributed by atoms with Gasteiger partial charge in [0, 0.05) is 18.2 Å². The van der Waals surface area contributed by atoms with Gasteiger partial charge in [-0.25, -0.2) is 18.8 Å². The molecule has 0 saturated heterocycles. The van der Waals surface area contributed by atoms with Crippen molar-refractivity contribution in [1.82, 2.24) is 25.8 Å². The third kappa shape index (κ3) is 6.00. The van der Waals surface area contributed by atoms with Crippen molar-refractivity contribution in [3.63, 3.8) is 0 Å². The maximum Gasteiger partial charge on any atom is 0.191 e. The Morgan fingerprint density at radius 1 is 1.17 bits per heavy atom. The summed E-state index contributed by atoms with van der Waals surface area (Å²) in [5, 5.41) is 13.0. The lowest BCUT2D eigenvalue weighted by Crippen LogP contribution is -2.39. The highest BCUT2D eigenvalue weighted by atomic mass is 19.1. The van der Waals surface area contributed by atoms with Gasteiger partial charge in [-0.1, -0.05) is 18.2 Å². The zero-order valence-corrected chi connectivity index (χ0v) is 16.0. The first-order valence-electron chi connectivity index (χ1n) is 9.20. The van der Waals surface area contributed by atoms with Gasteiger partial charge in [0.15, 0.2) is 23.4 Å². The number of nitrogens with zero attached hydrogens (tertiary/aromatic N) is 3. The van der Waals surface area contributed by atoms with Crippen LogP contribution >= 0.6 is 0 Å². The first-order chi connectivity index (χ1) is 14.2. The monoisotopic (exact) mass is 400 g/mol. The Hall–Kier alpha value is -3.49. The van der Waals surface area contributed by atoms with Crippen LogP contribution in [0.5, 0.6) is 5.75 Å². The largest absolute Gasteiger partial charge is 0.489 e. The standard InChI is InChI=1S/C20H22F2N6O/c1-2-23-20(24-8-9-29-18-7-6-16(21)11-17(18)22)25-12-14-4-3-5-15(10-14)19-26-13-27-28-19/h3-7,10-11,13H,2,8-9,12H2,1H3,(H2,23,24,25)(H,26,27,28). The lowest BCUT2D eigenvalue weighted by Gasteiger charge is -2.12. The van der Waals surface area contributed by atoms with E-state index < -0.39 is 11.6 Å². The van der Waals surface area contributed by atoms with Crippen molar-refractivity contribution in [2.24, 2.45) is 4.99 Å². The maximum atomic E-state index is 13.6. The minimum atomic E-state index is -0.725. The summed E-state index contributed by atoms with van der Waals surface area (Å²) < 4.78 is 31.8. The Morgan fingerprint density at radius 3 is 2.83 bits per heavy atom. The summed E-state index contributed by atoms with van der Waals surface area (Å²) in [7, 11) is 0. The molecule has 0 amide bonds. The van der Waals surface area contributed by atoms with Gasteiger partial charge in [-0.05, 0) is 30.7 Å². The molecule has 1 aromatic heterocycles. The number of halogens is 2. The number of guanidine groups is 1. The lowest BCUT2D eigenvalue weighted by atomic mass is 10.1. The van der Waals surface area contributed by atoms with Crippen LogP contribution in [0.15, 0.2) is 53.8 Å². The zero-order chi connectivity index (χ0) is 20.5. The van der Waals surface area contributed by atoms with Crippen LogP contribution < -0.4 is 15.4 Å². The second-order valence-corrected chi connectivity index (χ2v) is 6.08. The van der Waals surface area contributed by atoms with Gasteiger partial charge in [0.1, 0.15) is 18.8 Å². The summed E-state index contributed by atoms with van der Waals surface area (Å²) in [6.07, 6.45) is 1.47. The van der Waals surface area contributed by atoms with E-state index >= 15 is 0 Å². The Bertz CT molecular complexity index is 946. The summed E-state index contributed by atoms with van der Waals surface area (Å²) in [5.41, 5.74) is 1.95. The van der Waals surface area contributed by atoms with E-state index in [0.717, 1.165) is 23.3 Å². The Labute approximate surface area is 167 Å². The quantitative estimate of drug-likeness (QED) is 0.308. The average Bonchev–Trinajstić information content (AvgIpc) is 3.26. The van der Waals surface area contributed by atoms with E-state index in [4.69, 9.17) is 4.74 Å². The van der Waals surface area contributed by atoms with E-state index in [1.165, 1.54) is 12.4 Å². The molecule has 0 fully saturated rings. The molecule has 7 nitrogen and oxygen atoms in total. The molecule has 0 aliphatic carbocycles. The van der Waals surface area contributed by atoms with E-state index in [-0.39, 0.29) is 12.4 Å². The highest BCUT2D eigenvalue weighted by Gasteiger charge is 2.05. The lowest BCUT2D eigenvalue weighted by molar-refractivity contribution is 0.304. The highest BCUT2D eigenvalue weighted by Crippen LogP contribution is 2.17. The van der Waals surface area contributed by atoms with Crippen molar-refractivity contribution in [2.75, 3.05) is 19.7 Å². The molecule has 0 bridgehead atoms. The second kappa shape index (κ2) is 10.2. The van der Waals surface area contributed by atoms with E-state index in [0.29, 0.717) is 31.4 Å². The molecule has 0 radical (unpaired) electrons. The van der Waals surface area contributed by atoms with Crippen LogP contribution in [-0.2, 0) is 6.54 Å². The van der Waals surface area contributed by atoms with E-state index in [1.807, 2.05) is 31.2 Å². The van der Waals surface area contributed by atoms with Crippen LogP contribution in [0.25, 0.3) is 11.4 Å². The zero-order valence-electron chi connectivity index (χ0n) is 16.0. The molecule has 29 heavy (non-hydrogen) atoms. The van der Waals surface area contributed by atoms with Crippen molar-refractivity contribution < 1.29 is 13.5 Å². The summed E-state index contributed by atoms with van der Waals surface area (Å²) in [6.45, 7) is 3.73. The molecule has 9 heteroatoms. The molecule has 3 rings (SSSR count). The molecule has 0 unspecified atom stereocenters. The molecule has 0 aliphatic rings. The molecule has 0 aliphatic heterocycles. The minimum Gasteiger partial charge on any atom is -0.489 e. The van der Waals surface area contributed by atoms with Gasteiger partial charge < -0.3 is 15.4 Å². The van der Waals surface area contributed by atoms with Crippen LogP contribution in [0, 0.1) is 11.6 Å². The maximum absolute atomic E-state index is 13.6. The van der Waals surface area contributed by atoms with Crippen LogP contribution in [0.1, 0.15) is 12.5 Å². The fourth-order valence-electron chi connectivity index (χ4n) is 2.60. The number of aromatic amines is 1. The van der Waals surface area contributed by atoms with Crippen molar-refractivity contribution in [3.05, 3.63) is 66.0 Å². The van der Waals surface area contributed by atoms with E-state index in [9.17, 15) is 8.78 Å². The topological polar surface area (TPSA) is 87.2 Å². The number of ether oxygens (including phenoxy) is 1. The van der Waals surface area contributed by atoms with Crippen molar-refractivity contribution in [3.8, 4) is 17.1 Å². The molecule has 3 aromatic rings. The van der Waals surface area contributed by atoms with Gasteiger partial charge in [0.2, 0.25) is 0 Å². The van der Waals surface area contributed by atoms with Gasteiger partial charge in [-0.2, -0.15) is 5.10 Å². The van der Waals surface area contributed by atoms with Gasteiger partial charge >= 0.3 is 0 Å². The first-order valence-corrected chi connectivity index (χ1v) is 9.20. The number of hydrogen-bond acceptors (Lipinski definition) is 4. The number of aliphatic imine (C=N–C) groups is 1. The molecule has 3 N–H and O–H groups in total. The average molecular weight is 400 g/mol. The number of hydrogen-bond donors (Lipinski definition) is 3. The van der Waals surface area contributed by atoms with Crippen LogP contribution in [0.2, 0.25) is 0 Å². The molecule has 1 heterocycles. The second-order valence-electron chi connectivity index (χ2n) is 6.08. The third-order valence-electron chi connectivity index (χ3n) is 3.93. The molecule has 2 aromatic carbocycles. The summed E-state index contributed by atoms with van der Waals surface area (Å²) in [6, 6.07) is 11.1. The van der Waals surface area contributed by atoms with Crippen molar-refractivity contribution in [1.29, 1.82) is 0 Å². The fourth-order valence-corrected chi connectivity index (χ4v) is 2.60. The SMILES string of the molecule is CCNC(=NCc1cccc(-c2ncn[nH]2)c1)NCCOc1ccc(F)cc1F. The third-order valence-corrected chi connectivity index (χ3v) is 3.93. The van der Waals surface area contributed by atoms with Gasteiger partial charge in [0.25, 0.3) is 0 Å². The predicted molar refractivity (Wildman–Crippen MR) is 106 cm³/mol. The van der Waals surface area contributed by atoms with Crippen molar-refractivity contribution in [2.45, 2.75) is 13.5 Å². The summed E-state index contributed by atoms with van der Waals surface area (Å²) in [5.74, 6) is -0.0368. The van der Waals surface area contributed by atoms with E-state index in [2.05, 4.69) is 30.8 Å². The first kappa shape index (κ1) is 20.2.